The average molecular weight is 322 g/mol. The fourth-order valence-electron chi connectivity index (χ4n) is 1.89. The van der Waals surface area contributed by atoms with Crippen LogP contribution in [0.2, 0.25) is 0 Å². The Balaban J connectivity index is 2.72. The Morgan fingerprint density at radius 2 is 2.21 bits per heavy atom. The van der Waals surface area contributed by atoms with Gasteiger partial charge in [0.2, 0.25) is 0 Å². The Kier molecular flexibility index (Phi) is 3.94. The monoisotopic (exact) mass is 321 g/mol. The van der Waals surface area contributed by atoms with Gasteiger partial charge >= 0.3 is 121 Å². The number of aryl methyl sites for hydroxylation is 1. The molecule has 0 saturated carbocycles. The van der Waals surface area contributed by atoms with E-state index in [0.29, 0.717) is 12.3 Å². The predicted octanol–water partition coefficient (Wildman–Crippen LogP) is 1.55. The molecule has 0 spiro atoms. The van der Waals surface area contributed by atoms with Gasteiger partial charge in [0, 0.05) is 0 Å². The Bertz CT molecular complexity index is 638. The van der Waals surface area contributed by atoms with Crippen LogP contribution < -0.4 is 4.90 Å². The fourth-order valence-corrected chi connectivity index (χ4v) is 2.24. The van der Waals surface area contributed by atoms with E-state index in [1.807, 2.05) is 32.8 Å². The van der Waals surface area contributed by atoms with Crippen molar-refractivity contribution in [3.05, 3.63) is 21.9 Å². The summed E-state index contributed by atoms with van der Waals surface area (Å²) in [7, 11) is 9.82. The van der Waals surface area contributed by atoms with Gasteiger partial charge in [0.15, 0.2) is 0 Å². The van der Waals surface area contributed by atoms with Crippen molar-refractivity contribution in [3.8, 4) is 0 Å². The van der Waals surface area contributed by atoms with Crippen LogP contribution in [0.3, 0.4) is 0 Å². The number of anilines is 1. The molecule has 0 aliphatic carbocycles. The van der Waals surface area contributed by atoms with Crippen LogP contribution in [0.4, 0.5) is 5.82 Å². The maximum atomic E-state index is 5.95. The van der Waals surface area contributed by atoms with Crippen molar-refractivity contribution in [1.82, 2.24) is 14.6 Å². The first-order valence-electron chi connectivity index (χ1n) is 5.94. The standard InChI is InChI=1S/C12H15BBrN4O/c1-5-19-10(13)8-6-15-11-9(14)7(2)16-18(11)12(8)17(3)4/h6H,5H2,1-4H3. The molecule has 2 heterocycles. The number of hydrogen-bond acceptors (Lipinski definition) is 4. The number of nitrogens with zero attached hydrogens (tertiary/aromatic N) is 4. The number of rotatable bonds is 4. The number of halogens is 1. The van der Waals surface area contributed by atoms with Crippen LogP contribution in [-0.4, -0.2) is 48.4 Å². The molecule has 0 aromatic carbocycles. The van der Waals surface area contributed by atoms with E-state index in [0.717, 1.165) is 27.2 Å². The van der Waals surface area contributed by atoms with E-state index in [1.54, 1.807) is 10.7 Å². The third-order valence-electron chi connectivity index (χ3n) is 2.71. The molecular formula is C12H15BBrN4O. The first-order valence-corrected chi connectivity index (χ1v) is 6.73. The summed E-state index contributed by atoms with van der Waals surface area (Å²) in [5.41, 5.74) is 2.72. The van der Waals surface area contributed by atoms with Crippen LogP contribution >= 0.6 is 15.9 Å². The molecule has 5 nitrogen and oxygen atoms in total. The minimum absolute atomic E-state index is 0.352. The molecule has 99 valence electrons. The summed E-state index contributed by atoms with van der Waals surface area (Å²) < 4.78 is 8.03. The van der Waals surface area contributed by atoms with Crippen LogP contribution in [0.5, 0.6) is 0 Å². The SMILES string of the molecule is [B]=C(OCC)c1cnc2c(Br)c(C)nn2c1N(C)C. The van der Waals surface area contributed by atoms with E-state index < -0.39 is 0 Å². The Hall–Kier alpha value is -1.37. The molecule has 0 amide bonds. The molecule has 0 unspecified atom stereocenters. The fraction of sp³-hybridized carbons (Fsp3) is 0.417. The summed E-state index contributed by atoms with van der Waals surface area (Å²) >= 11 is 3.49. The molecule has 0 aliphatic heterocycles. The quantitative estimate of drug-likeness (QED) is 0.801. The summed E-state index contributed by atoms with van der Waals surface area (Å²) in [6.45, 7) is 4.33. The number of aromatic nitrogens is 3. The second-order valence-corrected chi connectivity index (χ2v) is 5.11. The van der Waals surface area contributed by atoms with Gasteiger partial charge in [-0.3, -0.25) is 0 Å². The molecular weight excluding hydrogens is 307 g/mol. The van der Waals surface area contributed by atoms with Gasteiger partial charge in [0.05, 0.1) is 0 Å². The molecule has 0 N–H and O–H groups in total. The summed E-state index contributed by atoms with van der Waals surface area (Å²) in [6, 6.07) is 0. The molecule has 19 heavy (non-hydrogen) atoms. The Morgan fingerprint density at radius 1 is 1.53 bits per heavy atom. The van der Waals surface area contributed by atoms with Crippen LogP contribution in [-0.2, 0) is 4.74 Å². The van der Waals surface area contributed by atoms with Crippen molar-refractivity contribution >= 4 is 40.5 Å². The molecule has 2 aromatic rings. The van der Waals surface area contributed by atoms with Gasteiger partial charge in [0.25, 0.3) is 0 Å². The maximum absolute atomic E-state index is 5.95. The zero-order valence-electron chi connectivity index (χ0n) is 11.4. The molecule has 0 aliphatic rings. The van der Waals surface area contributed by atoms with E-state index in [2.05, 4.69) is 26.0 Å². The normalized spacial score (nSPS) is 10.7. The van der Waals surface area contributed by atoms with Crippen molar-refractivity contribution in [2.24, 2.45) is 0 Å². The van der Waals surface area contributed by atoms with Crippen LogP contribution in [0.15, 0.2) is 10.7 Å². The summed E-state index contributed by atoms with van der Waals surface area (Å²) in [4.78, 5) is 6.33. The topological polar surface area (TPSA) is 42.7 Å². The van der Waals surface area contributed by atoms with Crippen LogP contribution in [0.25, 0.3) is 5.65 Å². The van der Waals surface area contributed by atoms with Gasteiger partial charge in [-0.2, -0.15) is 0 Å². The van der Waals surface area contributed by atoms with Crippen molar-refractivity contribution in [1.29, 1.82) is 0 Å². The molecule has 1 radical (unpaired) electrons. The van der Waals surface area contributed by atoms with Crippen molar-refractivity contribution in [2.45, 2.75) is 13.8 Å². The summed E-state index contributed by atoms with van der Waals surface area (Å²) in [5.74, 6) is 0.838. The summed E-state index contributed by atoms with van der Waals surface area (Å²) in [5, 5.41) is 4.48. The first kappa shape index (κ1) is 14.1. The molecule has 0 fully saturated rings. The third kappa shape index (κ3) is 2.39. The molecule has 2 rings (SSSR count). The van der Waals surface area contributed by atoms with Gasteiger partial charge < -0.3 is 0 Å². The van der Waals surface area contributed by atoms with E-state index in [4.69, 9.17) is 12.2 Å². The van der Waals surface area contributed by atoms with Gasteiger partial charge in [-0.1, -0.05) is 0 Å². The molecule has 0 bridgehead atoms. The minimum atomic E-state index is 0.352. The zero-order valence-corrected chi connectivity index (χ0v) is 13.0. The van der Waals surface area contributed by atoms with E-state index in [1.165, 1.54) is 0 Å². The van der Waals surface area contributed by atoms with Gasteiger partial charge in [-0.25, -0.2) is 0 Å². The van der Waals surface area contributed by atoms with Gasteiger partial charge in [-0.05, 0) is 0 Å². The average Bonchev–Trinajstić information content (AvgIpc) is 2.64. The predicted molar refractivity (Wildman–Crippen MR) is 81.2 cm³/mol. The Morgan fingerprint density at radius 3 is 2.79 bits per heavy atom. The molecule has 7 heteroatoms. The zero-order chi connectivity index (χ0) is 14.2. The second kappa shape index (κ2) is 5.32. The molecule has 2 aromatic heterocycles. The van der Waals surface area contributed by atoms with Crippen molar-refractivity contribution in [3.63, 3.8) is 0 Å². The van der Waals surface area contributed by atoms with Gasteiger partial charge in [0.1, 0.15) is 0 Å². The van der Waals surface area contributed by atoms with Crippen molar-refractivity contribution in [2.75, 3.05) is 25.6 Å². The third-order valence-corrected chi connectivity index (χ3v) is 3.64. The van der Waals surface area contributed by atoms with Crippen LogP contribution in [0.1, 0.15) is 18.2 Å². The number of ether oxygens (including phenoxy) is 1. The van der Waals surface area contributed by atoms with Gasteiger partial charge in [-0.15, -0.1) is 0 Å². The number of fused-ring (bicyclic) bond motifs is 1. The molecule has 0 saturated heterocycles. The van der Waals surface area contributed by atoms with Crippen LogP contribution in [0, 0.1) is 6.92 Å². The van der Waals surface area contributed by atoms with Crippen molar-refractivity contribution < 1.29 is 4.74 Å². The van der Waals surface area contributed by atoms with E-state index in [-0.39, 0.29) is 0 Å². The Labute approximate surface area is 121 Å². The second-order valence-electron chi connectivity index (χ2n) is 4.32. The number of hydrogen-bond donors (Lipinski definition) is 0. The van der Waals surface area contributed by atoms with E-state index >= 15 is 0 Å². The van der Waals surface area contributed by atoms with E-state index in [9.17, 15) is 0 Å². The molecule has 0 atom stereocenters. The summed E-state index contributed by atoms with van der Waals surface area (Å²) in [6.07, 6.45) is 1.71. The first-order chi connectivity index (χ1) is 8.97.